The average Bonchev–Trinajstić information content (AvgIpc) is 3.81. The van der Waals surface area contributed by atoms with Crippen LogP contribution in [-0.4, -0.2) is 65.5 Å². The van der Waals surface area contributed by atoms with Gasteiger partial charge in [-0.05, 0) is 107 Å². The van der Waals surface area contributed by atoms with Crippen molar-refractivity contribution >= 4 is 65.4 Å². The van der Waals surface area contributed by atoms with Crippen molar-refractivity contribution in [2.45, 2.75) is 132 Å². The Balaban J connectivity index is 0.000000456. The Hall–Kier alpha value is -8.58. The summed E-state index contributed by atoms with van der Waals surface area (Å²) in [4.78, 5) is 8.68. The predicted octanol–water partition coefficient (Wildman–Crippen LogP) is 17.4. The van der Waals surface area contributed by atoms with Gasteiger partial charge in [-0.3, -0.25) is 0 Å². The van der Waals surface area contributed by atoms with E-state index >= 15 is 0 Å². The van der Waals surface area contributed by atoms with Crippen molar-refractivity contribution in [2.24, 2.45) is 7.05 Å². The summed E-state index contributed by atoms with van der Waals surface area (Å²) in [5, 5.41) is 47.1. The summed E-state index contributed by atoms with van der Waals surface area (Å²) in [7, 11) is 1.98. The lowest BCUT2D eigenvalue weighted by Crippen LogP contribution is -1.91. The predicted molar refractivity (Wildman–Crippen MR) is 337 cm³/mol. The van der Waals surface area contributed by atoms with Gasteiger partial charge in [-0.2, -0.15) is 51.0 Å². The van der Waals surface area contributed by atoms with E-state index < -0.39 is 0 Å². The fourth-order valence-corrected chi connectivity index (χ4v) is 7.11. The van der Waals surface area contributed by atoms with Crippen LogP contribution in [0.3, 0.4) is 0 Å². The molecule has 0 unspecified atom stereocenters. The van der Waals surface area contributed by atoms with Gasteiger partial charge in [0.1, 0.15) is 11.3 Å². The molecule has 0 fully saturated rings. The minimum Gasteiger partial charge on any atom is -0.316 e. The number of pyridine rings is 1. The molecule has 0 spiro atoms. The van der Waals surface area contributed by atoms with E-state index in [0.717, 1.165) is 61.0 Å². The Morgan fingerprint density at radius 3 is 1.47 bits per heavy atom. The van der Waals surface area contributed by atoms with Gasteiger partial charge in [0, 0.05) is 50.9 Å². The monoisotopic (exact) mass is 1060 g/mol. The van der Waals surface area contributed by atoms with Crippen molar-refractivity contribution in [3.05, 3.63) is 204 Å². The normalized spacial score (nSPS) is 9.27. The maximum atomic E-state index is 4.37. The SMILES string of the molecule is CC.CC.CC.CC.CC.CC.Cc1cccc2ccnnc12.Cc1cccc2cnncc12.Cc1cccc2nnccc12.Cc1cnc2c(c1)nc(C)n2C.Cc1cnnc2ccccc12.Cc1nncc2ccccc12. The Morgan fingerprint density at radius 1 is 0.342 bits per heavy atom. The molecule has 13 heteroatoms. The zero-order valence-electron chi connectivity index (χ0n) is 50.9. The van der Waals surface area contributed by atoms with Gasteiger partial charge in [-0.25, -0.2) is 9.97 Å². The first-order chi connectivity index (χ1) is 38.6. The van der Waals surface area contributed by atoms with Gasteiger partial charge in [0.2, 0.25) is 0 Å². The van der Waals surface area contributed by atoms with Crippen molar-refractivity contribution in [1.82, 2.24) is 65.5 Å². The highest BCUT2D eigenvalue weighted by atomic mass is 15.1. The quantitative estimate of drug-likeness (QED) is 0.142. The number of rotatable bonds is 0. The molecule has 7 aromatic heterocycles. The second-order valence-electron chi connectivity index (χ2n) is 15.8. The Kier molecular flexibility index (Phi) is 34.4. The third-order valence-electron chi connectivity index (χ3n) is 10.9. The number of benzene rings is 5. The molecule has 12 rings (SSSR count). The number of hydrogen-bond acceptors (Lipinski definition) is 12. The summed E-state index contributed by atoms with van der Waals surface area (Å²) < 4.78 is 1.99. The number of hydrogen-bond donors (Lipinski definition) is 0. The number of nitrogens with zero attached hydrogens (tertiary/aromatic N) is 13. The molecule has 0 bridgehead atoms. The number of imidazole rings is 1. The molecule has 416 valence electrons. The molecule has 0 aliphatic heterocycles. The molecule has 0 N–H and O–H groups in total. The van der Waals surface area contributed by atoms with Crippen LogP contribution in [0, 0.1) is 48.5 Å². The van der Waals surface area contributed by atoms with E-state index in [4.69, 9.17) is 0 Å². The summed E-state index contributed by atoms with van der Waals surface area (Å²) in [5.41, 5.74) is 11.9. The first-order valence-corrected chi connectivity index (χ1v) is 27.7. The molecule has 12 aromatic rings. The molecule has 0 saturated carbocycles. The number of aromatic nitrogens is 13. The van der Waals surface area contributed by atoms with Gasteiger partial charge in [0.15, 0.2) is 5.65 Å². The minimum atomic E-state index is 0.957. The van der Waals surface area contributed by atoms with Crippen LogP contribution in [0.5, 0.6) is 0 Å². The summed E-state index contributed by atoms with van der Waals surface area (Å²) in [6.45, 7) is 38.2. The van der Waals surface area contributed by atoms with E-state index in [0.29, 0.717) is 0 Å². The van der Waals surface area contributed by atoms with Crippen molar-refractivity contribution in [3.63, 3.8) is 0 Å². The summed E-state index contributed by atoms with van der Waals surface area (Å²) in [6.07, 6.45) is 12.4. The van der Waals surface area contributed by atoms with Crippen LogP contribution in [0.4, 0.5) is 0 Å². The molecule has 5 aromatic carbocycles. The smallest absolute Gasteiger partial charge is 0.159 e. The van der Waals surface area contributed by atoms with Gasteiger partial charge in [0.05, 0.1) is 59.4 Å². The standard InChI is InChI=1S/C9H11N3.5C9H8N2.6C2H6/c1-6-4-8-9(10-5-6)12(3)7(2)11-8;1-7-3-2-4-8-5-10-11-6-9(7)8;1-7-3-2-4-9-8(7)5-6-10-11-9;1-7-3-2-4-8-5-6-10-11-9(7)8;1-7-9-5-3-2-4-8(9)6-10-11-7;1-7-6-10-11-9-5-3-2-4-8(7)9;6*1-2/h4-5H,1-3H3;5*2-6H,1H3;6*1-2H3. The van der Waals surface area contributed by atoms with Gasteiger partial charge < -0.3 is 4.57 Å². The fourth-order valence-electron chi connectivity index (χ4n) is 7.11. The van der Waals surface area contributed by atoms with E-state index in [9.17, 15) is 0 Å². The lowest BCUT2D eigenvalue weighted by molar-refractivity contribution is 0.874. The third kappa shape index (κ3) is 21.4. The van der Waals surface area contributed by atoms with E-state index in [1.807, 2.05) is 227 Å². The van der Waals surface area contributed by atoms with E-state index in [1.54, 1.807) is 37.2 Å². The van der Waals surface area contributed by atoms with Gasteiger partial charge in [0.25, 0.3) is 0 Å². The van der Waals surface area contributed by atoms with Crippen molar-refractivity contribution in [1.29, 1.82) is 0 Å². The first kappa shape index (κ1) is 68.4. The van der Waals surface area contributed by atoms with Crippen molar-refractivity contribution in [3.8, 4) is 0 Å². The first-order valence-electron chi connectivity index (χ1n) is 27.7. The second kappa shape index (κ2) is 39.7. The molecular formula is C66H87N13. The van der Waals surface area contributed by atoms with Crippen LogP contribution < -0.4 is 0 Å². The topological polar surface area (TPSA) is 160 Å². The molecule has 7 heterocycles. The van der Waals surface area contributed by atoms with Crippen LogP contribution in [-0.2, 0) is 7.05 Å². The lowest BCUT2D eigenvalue weighted by Gasteiger charge is -1.97. The summed E-state index contributed by atoms with van der Waals surface area (Å²) >= 11 is 0. The maximum absolute atomic E-state index is 4.37. The molecule has 79 heavy (non-hydrogen) atoms. The van der Waals surface area contributed by atoms with Gasteiger partial charge >= 0.3 is 0 Å². The van der Waals surface area contributed by atoms with Crippen molar-refractivity contribution in [2.75, 3.05) is 0 Å². The molecule has 0 atom stereocenters. The minimum absolute atomic E-state index is 0.957. The van der Waals surface area contributed by atoms with E-state index in [2.05, 4.69) is 105 Å². The zero-order chi connectivity index (χ0) is 59.1. The van der Waals surface area contributed by atoms with Crippen LogP contribution in [0.1, 0.15) is 122 Å². The van der Waals surface area contributed by atoms with Crippen LogP contribution in [0.25, 0.3) is 65.4 Å². The number of aryl methyl sites for hydroxylation is 8. The molecule has 0 aliphatic rings. The average molecular weight is 1060 g/mol. The van der Waals surface area contributed by atoms with Crippen LogP contribution >= 0.6 is 0 Å². The molecule has 0 amide bonds. The molecule has 0 radical (unpaired) electrons. The van der Waals surface area contributed by atoms with E-state index in [-0.39, 0.29) is 0 Å². The van der Waals surface area contributed by atoms with Gasteiger partial charge in [-0.1, -0.05) is 174 Å². The maximum Gasteiger partial charge on any atom is 0.159 e. The Labute approximate surface area is 471 Å². The highest BCUT2D eigenvalue weighted by molar-refractivity contribution is 5.85. The van der Waals surface area contributed by atoms with Crippen LogP contribution in [0.15, 0.2) is 165 Å². The second-order valence-corrected chi connectivity index (χ2v) is 15.8. The van der Waals surface area contributed by atoms with Crippen LogP contribution in [0.2, 0.25) is 0 Å². The zero-order valence-corrected chi connectivity index (χ0v) is 50.9. The molecule has 0 saturated heterocycles. The lowest BCUT2D eigenvalue weighted by atomic mass is 10.1. The summed E-state index contributed by atoms with van der Waals surface area (Å²) in [5.74, 6) is 1.00. The molecule has 13 nitrogen and oxygen atoms in total. The highest BCUT2D eigenvalue weighted by Gasteiger charge is 2.04. The summed E-state index contributed by atoms with van der Waals surface area (Å²) in [6, 6.07) is 40.4. The third-order valence-corrected chi connectivity index (χ3v) is 10.9. The Bertz CT molecular complexity index is 3080. The molecular weight excluding hydrogens is 975 g/mol. The fraction of sp³-hybridized carbons (Fsp3) is 0.303. The number of fused-ring (bicyclic) bond motifs is 6. The largest absolute Gasteiger partial charge is 0.316 e. The highest BCUT2D eigenvalue weighted by Crippen LogP contribution is 2.18. The van der Waals surface area contributed by atoms with Crippen molar-refractivity contribution < 1.29 is 0 Å². The Morgan fingerprint density at radius 2 is 0.823 bits per heavy atom. The van der Waals surface area contributed by atoms with E-state index in [1.165, 1.54) is 43.8 Å². The molecule has 0 aliphatic carbocycles. The van der Waals surface area contributed by atoms with Gasteiger partial charge in [-0.15, -0.1) is 0 Å².